The number of likely N-dealkylation sites (tertiary alicyclic amines) is 1. The molecule has 26 heavy (non-hydrogen) atoms. The monoisotopic (exact) mass is 358 g/mol. The van der Waals surface area contributed by atoms with Gasteiger partial charge in [0.05, 0.1) is 24.0 Å². The first kappa shape index (κ1) is 16.8. The Balaban J connectivity index is 1.55. The maximum Gasteiger partial charge on any atom is 0.276 e. The van der Waals surface area contributed by atoms with Crippen LogP contribution in [0.3, 0.4) is 0 Å². The van der Waals surface area contributed by atoms with Gasteiger partial charge in [-0.2, -0.15) is 5.10 Å². The van der Waals surface area contributed by atoms with E-state index in [2.05, 4.69) is 15.2 Å². The van der Waals surface area contributed by atoms with E-state index in [-0.39, 0.29) is 17.4 Å². The number of aromatic nitrogens is 3. The van der Waals surface area contributed by atoms with E-state index in [1.54, 1.807) is 33.7 Å². The molecule has 2 aromatic rings. The molecule has 2 aliphatic heterocycles. The van der Waals surface area contributed by atoms with E-state index in [1.807, 2.05) is 20.3 Å². The third kappa shape index (κ3) is 2.68. The van der Waals surface area contributed by atoms with E-state index in [0.717, 1.165) is 12.1 Å². The van der Waals surface area contributed by atoms with Gasteiger partial charge in [-0.1, -0.05) is 5.16 Å². The number of hydrogen-bond donors (Lipinski definition) is 0. The van der Waals surface area contributed by atoms with Crippen molar-refractivity contribution in [1.82, 2.24) is 24.7 Å². The summed E-state index contributed by atoms with van der Waals surface area (Å²) in [5.74, 6) is 0.533. The molecule has 0 N–H and O–H groups in total. The quantitative estimate of drug-likeness (QED) is 0.766. The van der Waals surface area contributed by atoms with Crippen LogP contribution in [-0.2, 0) is 11.8 Å². The molecular weight excluding hydrogens is 336 g/mol. The Labute approximate surface area is 151 Å². The number of rotatable bonds is 2. The maximum absolute atomic E-state index is 12.7. The average Bonchev–Trinajstić information content (AvgIpc) is 3.31. The van der Waals surface area contributed by atoms with Gasteiger partial charge in [-0.25, -0.2) is 0 Å². The minimum atomic E-state index is -0.266. The summed E-state index contributed by atoms with van der Waals surface area (Å²) in [4.78, 5) is 30.9. The molecule has 2 aliphatic rings. The van der Waals surface area contributed by atoms with Crippen molar-refractivity contribution in [2.45, 2.75) is 18.9 Å². The van der Waals surface area contributed by atoms with Crippen LogP contribution in [0.1, 0.15) is 22.7 Å². The third-order valence-electron chi connectivity index (χ3n) is 5.41. The number of anilines is 1. The second-order valence-electron chi connectivity index (χ2n) is 7.23. The Morgan fingerprint density at radius 3 is 2.77 bits per heavy atom. The zero-order chi connectivity index (χ0) is 18.5. The lowest BCUT2D eigenvalue weighted by molar-refractivity contribution is -0.123. The van der Waals surface area contributed by atoms with Crippen molar-refractivity contribution < 1.29 is 14.1 Å². The van der Waals surface area contributed by atoms with Gasteiger partial charge in [0.1, 0.15) is 5.76 Å². The van der Waals surface area contributed by atoms with Crippen LogP contribution in [0.5, 0.6) is 0 Å². The molecule has 1 spiro atoms. The van der Waals surface area contributed by atoms with Crippen molar-refractivity contribution in [2.24, 2.45) is 7.05 Å². The van der Waals surface area contributed by atoms with Crippen molar-refractivity contribution in [3.8, 4) is 0 Å². The van der Waals surface area contributed by atoms with Crippen LogP contribution in [0.25, 0.3) is 0 Å². The highest BCUT2D eigenvalue weighted by atomic mass is 16.5. The highest BCUT2D eigenvalue weighted by molar-refractivity contribution is 5.96. The van der Waals surface area contributed by atoms with Crippen LogP contribution in [-0.4, -0.2) is 75.3 Å². The van der Waals surface area contributed by atoms with Gasteiger partial charge in [0.25, 0.3) is 5.91 Å². The van der Waals surface area contributed by atoms with Gasteiger partial charge in [0.2, 0.25) is 5.91 Å². The molecule has 9 heteroatoms. The summed E-state index contributed by atoms with van der Waals surface area (Å²) in [6.45, 7) is 3.81. The molecule has 9 nitrogen and oxygen atoms in total. The van der Waals surface area contributed by atoms with Gasteiger partial charge in [0, 0.05) is 38.9 Å². The van der Waals surface area contributed by atoms with Crippen molar-refractivity contribution in [1.29, 1.82) is 0 Å². The number of aryl methyl sites for hydroxylation is 2. The molecule has 0 saturated carbocycles. The lowest BCUT2D eigenvalue weighted by Gasteiger charge is -2.46. The molecule has 0 radical (unpaired) electrons. The fourth-order valence-corrected chi connectivity index (χ4v) is 3.84. The van der Waals surface area contributed by atoms with Gasteiger partial charge in [-0.15, -0.1) is 0 Å². The fraction of sp³-hybridized carbons (Fsp3) is 0.529. The molecule has 0 aromatic carbocycles. The minimum absolute atomic E-state index is 0.0445. The summed E-state index contributed by atoms with van der Waals surface area (Å²) in [5.41, 5.74) is 0.859. The Kier molecular flexibility index (Phi) is 3.83. The Bertz CT molecular complexity index is 858. The molecule has 4 rings (SSSR count). The van der Waals surface area contributed by atoms with Gasteiger partial charge in [-0.3, -0.25) is 19.2 Å². The smallest absolute Gasteiger partial charge is 0.276 e. The number of piperazine rings is 1. The molecule has 4 heterocycles. The van der Waals surface area contributed by atoms with Crippen LogP contribution < -0.4 is 4.90 Å². The van der Waals surface area contributed by atoms with Gasteiger partial charge in [0.15, 0.2) is 5.69 Å². The second kappa shape index (κ2) is 5.94. The second-order valence-corrected chi connectivity index (χ2v) is 7.23. The SMILES string of the molecule is Cc1cc(C(=O)N2CC[C@]3(C2)CN(c2cnn(C)c2)C(=O)CN3C)no1. The van der Waals surface area contributed by atoms with Crippen LogP contribution >= 0.6 is 0 Å². The molecule has 2 aromatic heterocycles. The van der Waals surface area contributed by atoms with Gasteiger partial charge in [-0.05, 0) is 20.4 Å². The molecule has 2 saturated heterocycles. The number of hydrogen-bond acceptors (Lipinski definition) is 6. The molecule has 1 atom stereocenters. The van der Waals surface area contributed by atoms with Crippen molar-refractivity contribution in [2.75, 3.05) is 38.1 Å². The van der Waals surface area contributed by atoms with E-state index < -0.39 is 0 Å². The van der Waals surface area contributed by atoms with Crippen LogP contribution in [0.2, 0.25) is 0 Å². The van der Waals surface area contributed by atoms with Crippen LogP contribution in [0.15, 0.2) is 23.0 Å². The normalized spacial score (nSPS) is 24.0. The van der Waals surface area contributed by atoms with E-state index in [4.69, 9.17) is 4.52 Å². The van der Waals surface area contributed by atoms with Crippen molar-refractivity contribution in [3.63, 3.8) is 0 Å². The molecule has 138 valence electrons. The standard InChI is InChI=1S/C17H22N6O3/c1-12-6-14(19-26-12)16(25)22-5-4-17(10-22)11-23(15(24)9-20(17)2)13-7-18-21(3)8-13/h6-8H,4-5,9-11H2,1-3H3/t17-/m0/s1. The first-order chi connectivity index (χ1) is 12.4. The van der Waals surface area contributed by atoms with Crippen molar-refractivity contribution >= 4 is 17.5 Å². The van der Waals surface area contributed by atoms with Gasteiger partial charge >= 0.3 is 0 Å². The van der Waals surface area contributed by atoms with E-state index in [0.29, 0.717) is 37.6 Å². The summed E-state index contributed by atoms with van der Waals surface area (Å²) in [5, 5.41) is 8.01. The fourth-order valence-electron chi connectivity index (χ4n) is 3.84. The average molecular weight is 358 g/mol. The van der Waals surface area contributed by atoms with E-state index in [9.17, 15) is 9.59 Å². The molecule has 2 amide bonds. The third-order valence-corrected chi connectivity index (χ3v) is 5.41. The highest BCUT2D eigenvalue weighted by Crippen LogP contribution is 2.33. The number of likely N-dealkylation sites (N-methyl/N-ethyl adjacent to an activating group) is 1. The predicted molar refractivity (Wildman–Crippen MR) is 92.7 cm³/mol. The molecule has 0 unspecified atom stereocenters. The zero-order valence-electron chi connectivity index (χ0n) is 15.2. The van der Waals surface area contributed by atoms with Crippen molar-refractivity contribution in [3.05, 3.63) is 29.9 Å². The molecule has 2 fully saturated rings. The summed E-state index contributed by atoms with van der Waals surface area (Å²) < 4.78 is 6.71. The zero-order valence-corrected chi connectivity index (χ0v) is 15.2. The molecular formula is C17H22N6O3. The Morgan fingerprint density at radius 1 is 1.31 bits per heavy atom. The molecule has 0 bridgehead atoms. The molecule has 0 aliphatic carbocycles. The lowest BCUT2D eigenvalue weighted by Crippen LogP contribution is -2.64. The van der Waals surface area contributed by atoms with Crippen LogP contribution in [0, 0.1) is 6.92 Å². The maximum atomic E-state index is 12.7. The summed E-state index contributed by atoms with van der Waals surface area (Å²) in [7, 11) is 3.78. The summed E-state index contributed by atoms with van der Waals surface area (Å²) in [6, 6.07) is 1.66. The predicted octanol–water partition coefficient (Wildman–Crippen LogP) is 0.280. The number of carbonyl (C=O) groups excluding carboxylic acids is 2. The van der Waals surface area contributed by atoms with E-state index >= 15 is 0 Å². The number of carbonyl (C=O) groups is 2. The number of nitrogens with zero attached hydrogens (tertiary/aromatic N) is 6. The number of amides is 2. The highest BCUT2D eigenvalue weighted by Gasteiger charge is 2.49. The first-order valence-electron chi connectivity index (χ1n) is 8.61. The first-order valence-corrected chi connectivity index (χ1v) is 8.61. The van der Waals surface area contributed by atoms with E-state index in [1.165, 1.54) is 0 Å². The minimum Gasteiger partial charge on any atom is -0.361 e. The lowest BCUT2D eigenvalue weighted by atomic mass is 9.93. The Hall–Kier alpha value is -2.68. The summed E-state index contributed by atoms with van der Waals surface area (Å²) >= 11 is 0. The largest absolute Gasteiger partial charge is 0.361 e. The Morgan fingerprint density at radius 2 is 2.12 bits per heavy atom. The van der Waals surface area contributed by atoms with Crippen LogP contribution in [0.4, 0.5) is 5.69 Å². The van der Waals surface area contributed by atoms with Gasteiger partial charge < -0.3 is 14.3 Å². The summed E-state index contributed by atoms with van der Waals surface area (Å²) in [6.07, 6.45) is 4.34. The topological polar surface area (TPSA) is 87.7 Å².